The lowest BCUT2D eigenvalue weighted by atomic mass is 10.1. The summed E-state index contributed by atoms with van der Waals surface area (Å²) in [6, 6.07) is 13.4. The van der Waals surface area contributed by atoms with Crippen molar-refractivity contribution >= 4 is 34.1 Å². The first-order valence-electron chi connectivity index (χ1n) is 6.71. The van der Waals surface area contributed by atoms with Crippen LogP contribution in [-0.2, 0) is 0 Å². The quantitative estimate of drug-likeness (QED) is 0.708. The molecule has 0 aliphatic carbocycles. The Morgan fingerprint density at radius 1 is 1.14 bits per heavy atom. The van der Waals surface area contributed by atoms with Crippen LogP contribution in [0.1, 0.15) is 21.6 Å². The fraction of sp³-hybridized carbons (Fsp3) is 0.118. The number of carbonyl (C=O) groups excluding carboxylic acids is 1. The van der Waals surface area contributed by atoms with E-state index in [2.05, 4.69) is 10.3 Å². The zero-order valence-electron chi connectivity index (χ0n) is 11.8. The molecular formula is C17H15ClN2O. The van der Waals surface area contributed by atoms with E-state index < -0.39 is 0 Å². The average molecular weight is 299 g/mol. The smallest absolute Gasteiger partial charge is 0.272 e. The van der Waals surface area contributed by atoms with Crippen molar-refractivity contribution in [3.05, 3.63) is 64.3 Å². The number of carbonyl (C=O) groups is 1. The Balaban J connectivity index is 1.93. The molecule has 3 aromatic rings. The van der Waals surface area contributed by atoms with Crippen molar-refractivity contribution in [1.29, 1.82) is 0 Å². The standard InChI is InChI=1S/C17H15ClN2O/c1-10-7-8-12(9-14(10)18)19-17(21)16-11(2)13-5-3-4-6-15(13)20-16/h3-9,20H,1-2H3,(H,19,21). The molecule has 0 bridgehead atoms. The summed E-state index contributed by atoms with van der Waals surface area (Å²) in [5, 5.41) is 4.57. The number of aromatic nitrogens is 1. The van der Waals surface area contributed by atoms with Crippen LogP contribution in [0.15, 0.2) is 42.5 Å². The molecular weight excluding hydrogens is 284 g/mol. The third-order valence-corrected chi connectivity index (χ3v) is 4.03. The molecule has 0 fully saturated rings. The number of rotatable bonds is 2. The van der Waals surface area contributed by atoms with Crippen molar-refractivity contribution in [3.63, 3.8) is 0 Å². The van der Waals surface area contributed by atoms with E-state index in [1.807, 2.05) is 50.2 Å². The number of para-hydroxylation sites is 1. The number of hydrogen-bond acceptors (Lipinski definition) is 1. The predicted octanol–water partition coefficient (Wildman–Crippen LogP) is 4.69. The fourth-order valence-electron chi connectivity index (χ4n) is 2.37. The molecule has 4 heteroatoms. The normalized spacial score (nSPS) is 10.8. The van der Waals surface area contributed by atoms with Crippen LogP contribution in [-0.4, -0.2) is 10.9 Å². The third kappa shape index (κ3) is 2.52. The highest BCUT2D eigenvalue weighted by molar-refractivity contribution is 6.31. The monoisotopic (exact) mass is 298 g/mol. The molecule has 0 aliphatic rings. The molecule has 0 saturated heterocycles. The van der Waals surface area contributed by atoms with E-state index in [0.717, 1.165) is 22.0 Å². The Kier molecular flexibility index (Phi) is 3.43. The van der Waals surface area contributed by atoms with Crippen LogP contribution in [0.4, 0.5) is 5.69 Å². The number of amides is 1. The molecule has 0 radical (unpaired) electrons. The van der Waals surface area contributed by atoms with Crippen LogP contribution in [0.25, 0.3) is 10.9 Å². The average Bonchev–Trinajstić information content (AvgIpc) is 2.81. The van der Waals surface area contributed by atoms with Crippen LogP contribution in [0.2, 0.25) is 5.02 Å². The molecule has 0 saturated carbocycles. The Bertz CT molecular complexity index is 836. The predicted molar refractivity (Wildman–Crippen MR) is 87.2 cm³/mol. The molecule has 0 aliphatic heterocycles. The number of H-pyrrole nitrogens is 1. The van der Waals surface area contributed by atoms with Crippen molar-refractivity contribution in [2.45, 2.75) is 13.8 Å². The second-order valence-electron chi connectivity index (χ2n) is 5.09. The molecule has 3 rings (SSSR count). The molecule has 2 aromatic carbocycles. The van der Waals surface area contributed by atoms with E-state index in [1.165, 1.54) is 0 Å². The van der Waals surface area contributed by atoms with Gasteiger partial charge in [0.15, 0.2) is 0 Å². The maximum absolute atomic E-state index is 12.4. The van der Waals surface area contributed by atoms with Gasteiger partial charge in [0.25, 0.3) is 5.91 Å². The number of aryl methyl sites for hydroxylation is 2. The van der Waals surface area contributed by atoms with Gasteiger partial charge >= 0.3 is 0 Å². The minimum atomic E-state index is -0.163. The number of nitrogens with one attached hydrogen (secondary N) is 2. The largest absolute Gasteiger partial charge is 0.350 e. The summed E-state index contributed by atoms with van der Waals surface area (Å²) in [5.41, 5.74) is 4.15. The van der Waals surface area contributed by atoms with Crippen molar-refractivity contribution in [2.24, 2.45) is 0 Å². The zero-order chi connectivity index (χ0) is 15.0. The van der Waals surface area contributed by atoms with Crippen LogP contribution < -0.4 is 5.32 Å². The van der Waals surface area contributed by atoms with Crippen LogP contribution in [0.5, 0.6) is 0 Å². The van der Waals surface area contributed by atoms with Gasteiger partial charge in [-0.15, -0.1) is 0 Å². The summed E-state index contributed by atoms with van der Waals surface area (Å²) in [6.45, 7) is 3.87. The van der Waals surface area contributed by atoms with Crippen molar-refractivity contribution in [1.82, 2.24) is 4.98 Å². The van der Waals surface area contributed by atoms with E-state index in [-0.39, 0.29) is 5.91 Å². The lowest BCUT2D eigenvalue weighted by molar-refractivity contribution is 0.102. The third-order valence-electron chi connectivity index (χ3n) is 3.62. The van der Waals surface area contributed by atoms with Crippen molar-refractivity contribution in [2.75, 3.05) is 5.32 Å². The van der Waals surface area contributed by atoms with Gasteiger partial charge in [-0.1, -0.05) is 35.9 Å². The highest BCUT2D eigenvalue weighted by Crippen LogP contribution is 2.24. The number of anilines is 1. The number of fused-ring (bicyclic) bond motifs is 1. The Morgan fingerprint density at radius 3 is 2.62 bits per heavy atom. The second-order valence-corrected chi connectivity index (χ2v) is 5.50. The fourth-order valence-corrected chi connectivity index (χ4v) is 2.55. The Hall–Kier alpha value is -2.26. The second kappa shape index (κ2) is 5.26. The molecule has 1 heterocycles. The first kappa shape index (κ1) is 13.7. The van der Waals surface area contributed by atoms with Gasteiger partial charge in [0, 0.05) is 21.6 Å². The maximum atomic E-state index is 12.4. The zero-order valence-corrected chi connectivity index (χ0v) is 12.6. The van der Waals surface area contributed by atoms with Gasteiger partial charge in [0.05, 0.1) is 0 Å². The van der Waals surface area contributed by atoms with Gasteiger partial charge in [-0.05, 0) is 43.2 Å². The van der Waals surface area contributed by atoms with E-state index in [4.69, 9.17) is 11.6 Å². The Morgan fingerprint density at radius 2 is 1.90 bits per heavy atom. The molecule has 0 spiro atoms. The summed E-state index contributed by atoms with van der Waals surface area (Å²) >= 11 is 6.08. The molecule has 1 aromatic heterocycles. The van der Waals surface area contributed by atoms with Crippen LogP contribution >= 0.6 is 11.6 Å². The number of benzene rings is 2. The molecule has 1 amide bonds. The van der Waals surface area contributed by atoms with Crippen LogP contribution in [0.3, 0.4) is 0 Å². The summed E-state index contributed by atoms with van der Waals surface area (Å²) in [6.07, 6.45) is 0. The van der Waals surface area contributed by atoms with Crippen molar-refractivity contribution in [3.8, 4) is 0 Å². The Labute approximate surface area is 127 Å². The van der Waals surface area contributed by atoms with Gasteiger partial charge in [-0.3, -0.25) is 4.79 Å². The number of halogens is 1. The highest BCUT2D eigenvalue weighted by atomic mass is 35.5. The number of aromatic amines is 1. The van der Waals surface area contributed by atoms with Gasteiger partial charge in [-0.2, -0.15) is 0 Å². The highest BCUT2D eigenvalue weighted by Gasteiger charge is 2.14. The van der Waals surface area contributed by atoms with E-state index in [9.17, 15) is 4.79 Å². The van der Waals surface area contributed by atoms with E-state index in [0.29, 0.717) is 16.4 Å². The van der Waals surface area contributed by atoms with Crippen molar-refractivity contribution < 1.29 is 4.79 Å². The lowest BCUT2D eigenvalue weighted by Gasteiger charge is -2.06. The first-order valence-corrected chi connectivity index (χ1v) is 7.09. The molecule has 106 valence electrons. The van der Waals surface area contributed by atoms with E-state index >= 15 is 0 Å². The SMILES string of the molecule is Cc1ccc(NC(=O)c2[nH]c3ccccc3c2C)cc1Cl. The van der Waals surface area contributed by atoms with E-state index in [1.54, 1.807) is 6.07 Å². The topological polar surface area (TPSA) is 44.9 Å². The summed E-state index contributed by atoms with van der Waals surface area (Å²) in [4.78, 5) is 15.6. The van der Waals surface area contributed by atoms with Crippen LogP contribution in [0, 0.1) is 13.8 Å². The lowest BCUT2D eigenvalue weighted by Crippen LogP contribution is -2.13. The minimum absolute atomic E-state index is 0.163. The number of hydrogen-bond donors (Lipinski definition) is 2. The minimum Gasteiger partial charge on any atom is -0.350 e. The first-order chi connectivity index (χ1) is 10.1. The van der Waals surface area contributed by atoms with Gasteiger partial charge in [0.1, 0.15) is 5.69 Å². The summed E-state index contributed by atoms with van der Waals surface area (Å²) < 4.78 is 0. The van der Waals surface area contributed by atoms with Gasteiger partial charge in [-0.25, -0.2) is 0 Å². The molecule has 2 N–H and O–H groups in total. The maximum Gasteiger partial charge on any atom is 0.272 e. The molecule has 0 atom stereocenters. The summed E-state index contributed by atoms with van der Waals surface area (Å²) in [5.74, 6) is -0.163. The molecule has 0 unspecified atom stereocenters. The molecule has 3 nitrogen and oxygen atoms in total. The van der Waals surface area contributed by atoms with Gasteiger partial charge in [0.2, 0.25) is 0 Å². The molecule has 21 heavy (non-hydrogen) atoms. The van der Waals surface area contributed by atoms with Gasteiger partial charge < -0.3 is 10.3 Å². The summed E-state index contributed by atoms with van der Waals surface area (Å²) in [7, 11) is 0.